The summed E-state index contributed by atoms with van der Waals surface area (Å²) in [6, 6.07) is 9.89. The smallest absolute Gasteiger partial charge is 0.346 e. The van der Waals surface area contributed by atoms with E-state index in [0.29, 0.717) is 6.54 Å². The highest BCUT2D eigenvalue weighted by molar-refractivity contribution is 5.75. The van der Waals surface area contributed by atoms with Crippen molar-refractivity contribution in [3.63, 3.8) is 0 Å². The van der Waals surface area contributed by atoms with Crippen LogP contribution in [0.3, 0.4) is 0 Å². The monoisotopic (exact) mass is 343 g/mol. The minimum absolute atomic E-state index is 0.0222. The van der Waals surface area contributed by atoms with Gasteiger partial charge in [-0.3, -0.25) is 9.36 Å². The van der Waals surface area contributed by atoms with Gasteiger partial charge in [-0.05, 0) is 31.5 Å². The Kier molecular flexibility index (Phi) is 5.33. The van der Waals surface area contributed by atoms with Crippen LogP contribution in [-0.4, -0.2) is 52.3 Å². The van der Waals surface area contributed by atoms with E-state index in [2.05, 4.69) is 10.4 Å². The molecular formula is C18H25N5O2. The summed E-state index contributed by atoms with van der Waals surface area (Å²) in [5.41, 5.74) is 0.839. The molecule has 0 atom stereocenters. The number of amides is 1. The Morgan fingerprint density at radius 2 is 1.92 bits per heavy atom. The molecular weight excluding hydrogens is 318 g/mol. The number of aromatic nitrogens is 3. The van der Waals surface area contributed by atoms with E-state index < -0.39 is 0 Å². The molecule has 1 saturated heterocycles. The number of carbonyl (C=O) groups excluding carboxylic acids is 1. The number of rotatable bonds is 5. The molecule has 0 radical (unpaired) electrons. The Bertz CT molecular complexity index is 773. The van der Waals surface area contributed by atoms with Gasteiger partial charge in [-0.2, -0.15) is 5.10 Å². The van der Waals surface area contributed by atoms with Gasteiger partial charge >= 0.3 is 5.69 Å². The summed E-state index contributed by atoms with van der Waals surface area (Å²) in [5, 5.41) is 7.88. The summed E-state index contributed by atoms with van der Waals surface area (Å²) in [7, 11) is 3.37. The fraction of sp³-hybridized carbons (Fsp3) is 0.500. The zero-order valence-electron chi connectivity index (χ0n) is 14.8. The first kappa shape index (κ1) is 17.4. The average molecular weight is 343 g/mol. The average Bonchev–Trinajstić information content (AvgIpc) is 2.93. The molecule has 25 heavy (non-hydrogen) atoms. The Morgan fingerprint density at radius 3 is 2.56 bits per heavy atom. The number of benzene rings is 1. The lowest BCUT2D eigenvalue weighted by Gasteiger charge is -2.22. The predicted octanol–water partition coefficient (Wildman–Crippen LogP) is 0.648. The van der Waals surface area contributed by atoms with Crippen LogP contribution in [0.4, 0.5) is 0 Å². The highest BCUT2D eigenvalue weighted by Crippen LogP contribution is 2.23. The fourth-order valence-corrected chi connectivity index (χ4v) is 3.13. The Morgan fingerprint density at radius 1 is 1.24 bits per heavy atom. The maximum atomic E-state index is 12.9. The SMILES string of the molecule is CN(C)C(=O)Cn1nc(C2CCNCC2)n(Cc2ccccc2)c1=O. The molecule has 1 aliphatic rings. The van der Waals surface area contributed by atoms with Gasteiger partial charge in [0.05, 0.1) is 6.54 Å². The van der Waals surface area contributed by atoms with Crippen molar-refractivity contribution < 1.29 is 4.79 Å². The van der Waals surface area contributed by atoms with Crippen LogP contribution >= 0.6 is 0 Å². The van der Waals surface area contributed by atoms with Crippen molar-refractivity contribution in [1.82, 2.24) is 24.6 Å². The van der Waals surface area contributed by atoms with Crippen LogP contribution < -0.4 is 11.0 Å². The van der Waals surface area contributed by atoms with Crippen molar-refractivity contribution in [1.29, 1.82) is 0 Å². The van der Waals surface area contributed by atoms with E-state index >= 15 is 0 Å². The molecule has 134 valence electrons. The van der Waals surface area contributed by atoms with Gasteiger partial charge in [0.1, 0.15) is 12.4 Å². The van der Waals surface area contributed by atoms with Crippen LogP contribution in [-0.2, 0) is 17.9 Å². The quantitative estimate of drug-likeness (QED) is 0.865. The van der Waals surface area contributed by atoms with Gasteiger partial charge in [0, 0.05) is 20.0 Å². The highest BCUT2D eigenvalue weighted by Gasteiger charge is 2.24. The lowest BCUT2D eigenvalue weighted by Crippen LogP contribution is -2.33. The van der Waals surface area contributed by atoms with Crippen molar-refractivity contribution in [2.75, 3.05) is 27.2 Å². The third kappa shape index (κ3) is 3.99. The van der Waals surface area contributed by atoms with Gasteiger partial charge in [-0.15, -0.1) is 0 Å². The molecule has 1 aromatic heterocycles. The zero-order valence-corrected chi connectivity index (χ0v) is 14.8. The standard InChI is InChI=1S/C18H25N5O2/c1-21(2)16(24)13-23-18(25)22(12-14-6-4-3-5-7-14)17(20-23)15-8-10-19-11-9-15/h3-7,15,19H,8-13H2,1-2H3. The minimum Gasteiger partial charge on any atom is -0.347 e. The molecule has 0 spiro atoms. The summed E-state index contributed by atoms with van der Waals surface area (Å²) < 4.78 is 3.04. The number of nitrogens with zero attached hydrogens (tertiary/aromatic N) is 4. The number of hydrogen-bond acceptors (Lipinski definition) is 4. The summed E-state index contributed by atoms with van der Waals surface area (Å²) in [5.74, 6) is 0.901. The van der Waals surface area contributed by atoms with Crippen LogP contribution in [0.15, 0.2) is 35.1 Å². The number of piperidine rings is 1. The summed E-state index contributed by atoms with van der Waals surface area (Å²) >= 11 is 0. The van der Waals surface area contributed by atoms with Crippen LogP contribution in [0.1, 0.15) is 30.1 Å². The fourth-order valence-electron chi connectivity index (χ4n) is 3.13. The molecule has 7 nitrogen and oxygen atoms in total. The molecule has 1 aliphatic heterocycles. The summed E-state index contributed by atoms with van der Waals surface area (Å²) in [6.07, 6.45) is 1.90. The lowest BCUT2D eigenvalue weighted by atomic mass is 9.97. The molecule has 0 saturated carbocycles. The largest absolute Gasteiger partial charge is 0.347 e. The zero-order chi connectivity index (χ0) is 17.8. The van der Waals surface area contributed by atoms with Crippen LogP contribution in [0.25, 0.3) is 0 Å². The van der Waals surface area contributed by atoms with Crippen molar-refractivity contribution in [2.24, 2.45) is 0 Å². The summed E-state index contributed by atoms with van der Waals surface area (Å²) in [4.78, 5) is 26.4. The molecule has 1 fully saturated rings. The first-order valence-corrected chi connectivity index (χ1v) is 8.68. The Hall–Kier alpha value is -2.41. The third-order valence-electron chi connectivity index (χ3n) is 4.62. The topological polar surface area (TPSA) is 72.2 Å². The molecule has 0 unspecified atom stereocenters. The van der Waals surface area contributed by atoms with E-state index in [1.807, 2.05) is 30.3 Å². The number of carbonyl (C=O) groups is 1. The molecule has 1 aromatic carbocycles. The first-order chi connectivity index (χ1) is 12.1. The van der Waals surface area contributed by atoms with Crippen molar-refractivity contribution in [3.8, 4) is 0 Å². The van der Waals surface area contributed by atoms with E-state index in [-0.39, 0.29) is 24.1 Å². The minimum atomic E-state index is -0.215. The second-order valence-corrected chi connectivity index (χ2v) is 6.68. The Labute approximate surface area is 147 Å². The number of likely N-dealkylation sites (N-methyl/N-ethyl adjacent to an activating group) is 1. The van der Waals surface area contributed by atoms with E-state index in [9.17, 15) is 9.59 Å². The third-order valence-corrected chi connectivity index (χ3v) is 4.62. The van der Waals surface area contributed by atoms with Crippen molar-refractivity contribution in [3.05, 3.63) is 52.2 Å². The van der Waals surface area contributed by atoms with Gasteiger partial charge in [-0.25, -0.2) is 9.48 Å². The van der Waals surface area contributed by atoms with Crippen LogP contribution in [0.2, 0.25) is 0 Å². The molecule has 7 heteroatoms. The van der Waals surface area contributed by atoms with Crippen LogP contribution in [0.5, 0.6) is 0 Å². The van der Waals surface area contributed by atoms with Crippen molar-refractivity contribution in [2.45, 2.75) is 31.8 Å². The molecule has 1 N–H and O–H groups in total. The maximum absolute atomic E-state index is 12.9. The number of hydrogen-bond donors (Lipinski definition) is 1. The molecule has 0 bridgehead atoms. The highest BCUT2D eigenvalue weighted by atomic mass is 16.2. The van der Waals surface area contributed by atoms with Gasteiger partial charge in [-0.1, -0.05) is 30.3 Å². The second kappa shape index (κ2) is 7.65. The molecule has 3 rings (SSSR count). The van der Waals surface area contributed by atoms with E-state index in [4.69, 9.17) is 0 Å². The Balaban J connectivity index is 1.96. The molecule has 2 aromatic rings. The second-order valence-electron chi connectivity index (χ2n) is 6.68. The normalized spacial score (nSPS) is 15.3. The molecule has 1 amide bonds. The lowest BCUT2D eigenvalue weighted by molar-refractivity contribution is -0.129. The van der Waals surface area contributed by atoms with E-state index in [0.717, 1.165) is 37.3 Å². The van der Waals surface area contributed by atoms with Gasteiger partial charge in [0.2, 0.25) is 5.91 Å². The van der Waals surface area contributed by atoms with E-state index in [1.165, 1.54) is 9.58 Å². The predicted molar refractivity (Wildman–Crippen MR) is 95.6 cm³/mol. The van der Waals surface area contributed by atoms with Gasteiger partial charge < -0.3 is 10.2 Å². The van der Waals surface area contributed by atoms with Crippen LogP contribution in [0, 0.1) is 0 Å². The van der Waals surface area contributed by atoms with Gasteiger partial charge in [0.15, 0.2) is 0 Å². The van der Waals surface area contributed by atoms with E-state index in [1.54, 1.807) is 18.7 Å². The molecule has 0 aliphatic carbocycles. The molecule has 2 heterocycles. The summed E-state index contributed by atoms with van der Waals surface area (Å²) in [6.45, 7) is 2.31. The number of nitrogens with one attached hydrogen (secondary N) is 1. The maximum Gasteiger partial charge on any atom is 0.346 e. The van der Waals surface area contributed by atoms with Gasteiger partial charge in [0.25, 0.3) is 0 Å². The first-order valence-electron chi connectivity index (χ1n) is 8.68. The van der Waals surface area contributed by atoms with Crippen molar-refractivity contribution >= 4 is 5.91 Å².